The quantitative estimate of drug-likeness (QED) is 0.886. The Labute approximate surface area is 119 Å². The molecule has 5 heteroatoms. The summed E-state index contributed by atoms with van der Waals surface area (Å²) in [5.41, 5.74) is 0.175. The van der Waals surface area contributed by atoms with Crippen LogP contribution in [0.25, 0.3) is 0 Å². The Morgan fingerprint density at radius 2 is 1.85 bits per heavy atom. The van der Waals surface area contributed by atoms with Crippen molar-refractivity contribution < 1.29 is 14.3 Å². The summed E-state index contributed by atoms with van der Waals surface area (Å²) in [6.07, 6.45) is 3.04. The molecular weight excluding hydrogens is 256 g/mol. The number of nitrogens with one attached hydrogen (secondary N) is 2. The number of carbonyl (C=O) groups is 1. The van der Waals surface area contributed by atoms with E-state index in [4.69, 9.17) is 9.47 Å². The van der Waals surface area contributed by atoms with E-state index in [-0.39, 0.29) is 5.91 Å². The molecule has 1 atom stereocenters. The van der Waals surface area contributed by atoms with Crippen molar-refractivity contribution in [3.05, 3.63) is 18.2 Å². The minimum absolute atomic E-state index is 0.0208. The van der Waals surface area contributed by atoms with Crippen LogP contribution >= 0.6 is 0 Å². The second-order valence-electron chi connectivity index (χ2n) is 5.27. The van der Waals surface area contributed by atoms with Crippen LogP contribution in [0.1, 0.15) is 26.2 Å². The number of carbonyl (C=O) groups excluding carboxylic acids is 1. The second-order valence-corrected chi connectivity index (χ2v) is 5.27. The first-order valence-electron chi connectivity index (χ1n) is 6.87. The molecule has 1 fully saturated rings. The van der Waals surface area contributed by atoms with Gasteiger partial charge in [-0.15, -0.1) is 0 Å². The molecule has 0 spiro atoms. The van der Waals surface area contributed by atoms with Gasteiger partial charge in [-0.25, -0.2) is 0 Å². The molecular formula is C15H22N2O3. The zero-order chi connectivity index (χ0) is 14.6. The zero-order valence-electron chi connectivity index (χ0n) is 12.3. The Bertz CT molecular complexity index is 460. The van der Waals surface area contributed by atoms with Crippen molar-refractivity contribution in [2.24, 2.45) is 0 Å². The molecule has 0 saturated carbocycles. The SMILES string of the molecule is COc1cc(NC(=O)C2(C)CCCCN2)cc(OC)c1. The molecule has 5 nitrogen and oxygen atoms in total. The molecule has 1 aliphatic rings. The molecule has 1 saturated heterocycles. The summed E-state index contributed by atoms with van der Waals surface area (Å²) in [5, 5.41) is 6.24. The maximum atomic E-state index is 12.4. The van der Waals surface area contributed by atoms with Crippen LogP contribution in [0.15, 0.2) is 18.2 Å². The number of anilines is 1. The van der Waals surface area contributed by atoms with Gasteiger partial charge in [0, 0.05) is 23.9 Å². The lowest BCUT2D eigenvalue weighted by Crippen LogP contribution is -2.54. The Morgan fingerprint density at radius 3 is 2.35 bits per heavy atom. The Hall–Kier alpha value is -1.75. The van der Waals surface area contributed by atoms with Gasteiger partial charge in [-0.3, -0.25) is 4.79 Å². The molecule has 0 aliphatic carbocycles. The Kier molecular flexibility index (Phi) is 4.49. The summed E-state index contributed by atoms with van der Waals surface area (Å²) in [7, 11) is 3.18. The predicted octanol–water partition coefficient (Wildman–Crippen LogP) is 2.17. The van der Waals surface area contributed by atoms with E-state index in [1.54, 1.807) is 32.4 Å². The molecule has 1 aromatic rings. The van der Waals surface area contributed by atoms with Crippen molar-refractivity contribution >= 4 is 11.6 Å². The standard InChI is InChI=1S/C15H22N2O3/c1-15(6-4-5-7-16-15)14(18)17-11-8-12(19-2)10-13(9-11)20-3/h8-10,16H,4-7H2,1-3H3,(H,17,18). The molecule has 1 aromatic carbocycles. The summed E-state index contributed by atoms with van der Waals surface area (Å²) >= 11 is 0. The highest BCUT2D eigenvalue weighted by molar-refractivity contribution is 5.98. The normalized spacial score (nSPS) is 22.1. The van der Waals surface area contributed by atoms with Crippen molar-refractivity contribution in [2.45, 2.75) is 31.7 Å². The van der Waals surface area contributed by atoms with Crippen LogP contribution in [-0.4, -0.2) is 32.2 Å². The highest BCUT2D eigenvalue weighted by Crippen LogP contribution is 2.27. The first-order chi connectivity index (χ1) is 9.57. The van der Waals surface area contributed by atoms with E-state index in [9.17, 15) is 4.79 Å². The van der Waals surface area contributed by atoms with Gasteiger partial charge < -0.3 is 20.1 Å². The summed E-state index contributed by atoms with van der Waals surface area (Å²) in [6.45, 7) is 2.82. The molecule has 2 N–H and O–H groups in total. The van der Waals surface area contributed by atoms with E-state index in [1.165, 1.54) is 0 Å². The molecule has 2 rings (SSSR count). The number of amides is 1. The van der Waals surface area contributed by atoms with Gasteiger partial charge in [0.05, 0.1) is 19.8 Å². The lowest BCUT2D eigenvalue weighted by Gasteiger charge is -2.33. The van der Waals surface area contributed by atoms with E-state index >= 15 is 0 Å². The van der Waals surface area contributed by atoms with E-state index in [2.05, 4.69) is 10.6 Å². The summed E-state index contributed by atoms with van der Waals surface area (Å²) in [4.78, 5) is 12.4. The maximum Gasteiger partial charge on any atom is 0.244 e. The molecule has 110 valence electrons. The van der Waals surface area contributed by atoms with Gasteiger partial charge in [0.1, 0.15) is 11.5 Å². The maximum absolute atomic E-state index is 12.4. The van der Waals surface area contributed by atoms with Crippen molar-refractivity contribution in [1.29, 1.82) is 0 Å². The fourth-order valence-corrected chi connectivity index (χ4v) is 2.40. The molecule has 20 heavy (non-hydrogen) atoms. The average Bonchev–Trinajstić information content (AvgIpc) is 2.47. The van der Waals surface area contributed by atoms with E-state index in [1.807, 2.05) is 6.92 Å². The topological polar surface area (TPSA) is 59.6 Å². The van der Waals surface area contributed by atoms with Gasteiger partial charge in [0.25, 0.3) is 0 Å². The van der Waals surface area contributed by atoms with Crippen LogP contribution in [0.5, 0.6) is 11.5 Å². The lowest BCUT2D eigenvalue weighted by atomic mass is 9.90. The molecule has 1 heterocycles. The third-order valence-corrected chi connectivity index (χ3v) is 3.73. The Morgan fingerprint density at radius 1 is 1.20 bits per heavy atom. The van der Waals surface area contributed by atoms with Crippen LogP contribution in [0.2, 0.25) is 0 Å². The number of hydrogen-bond donors (Lipinski definition) is 2. The number of methoxy groups -OCH3 is 2. The highest BCUT2D eigenvalue weighted by atomic mass is 16.5. The minimum Gasteiger partial charge on any atom is -0.497 e. The van der Waals surface area contributed by atoms with Crippen molar-refractivity contribution in [2.75, 3.05) is 26.1 Å². The molecule has 0 bridgehead atoms. The number of ether oxygens (including phenoxy) is 2. The second kappa shape index (κ2) is 6.13. The van der Waals surface area contributed by atoms with Gasteiger partial charge >= 0.3 is 0 Å². The molecule has 0 radical (unpaired) electrons. The Balaban J connectivity index is 2.14. The first-order valence-corrected chi connectivity index (χ1v) is 6.87. The van der Waals surface area contributed by atoms with Crippen LogP contribution < -0.4 is 20.1 Å². The smallest absolute Gasteiger partial charge is 0.244 e. The summed E-state index contributed by atoms with van der Waals surface area (Å²) < 4.78 is 10.4. The monoisotopic (exact) mass is 278 g/mol. The van der Waals surface area contributed by atoms with E-state index in [0.29, 0.717) is 17.2 Å². The van der Waals surface area contributed by atoms with E-state index in [0.717, 1.165) is 25.8 Å². The number of hydrogen-bond acceptors (Lipinski definition) is 4. The van der Waals surface area contributed by atoms with Crippen molar-refractivity contribution in [3.63, 3.8) is 0 Å². The molecule has 1 unspecified atom stereocenters. The van der Waals surface area contributed by atoms with Crippen molar-refractivity contribution in [3.8, 4) is 11.5 Å². The van der Waals surface area contributed by atoms with Gasteiger partial charge in [-0.2, -0.15) is 0 Å². The van der Waals surface area contributed by atoms with Gasteiger partial charge in [-0.1, -0.05) is 0 Å². The van der Waals surface area contributed by atoms with Crippen molar-refractivity contribution in [1.82, 2.24) is 5.32 Å². The largest absolute Gasteiger partial charge is 0.497 e. The predicted molar refractivity (Wildman–Crippen MR) is 78.4 cm³/mol. The number of rotatable bonds is 4. The minimum atomic E-state index is -0.505. The van der Waals surface area contributed by atoms with Crippen LogP contribution in [0.3, 0.4) is 0 Å². The first kappa shape index (κ1) is 14.7. The third-order valence-electron chi connectivity index (χ3n) is 3.73. The lowest BCUT2D eigenvalue weighted by molar-refractivity contribution is -0.122. The molecule has 1 amide bonds. The van der Waals surface area contributed by atoms with E-state index < -0.39 is 5.54 Å². The third kappa shape index (κ3) is 3.22. The molecule has 0 aromatic heterocycles. The fourth-order valence-electron chi connectivity index (χ4n) is 2.40. The van der Waals surface area contributed by atoms with Crippen LogP contribution in [0, 0.1) is 0 Å². The van der Waals surface area contributed by atoms with Crippen LogP contribution in [0.4, 0.5) is 5.69 Å². The molecule has 1 aliphatic heterocycles. The van der Waals surface area contributed by atoms with Crippen LogP contribution in [-0.2, 0) is 4.79 Å². The van der Waals surface area contributed by atoms with Gasteiger partial charge in [-0.05, 0) is 32.7 Å². The number of benzene rings is 1. The average molecular weight is 278 g/mol. The zero-order valence-corrected chi connectivity index (χ0v) is 12.3. The highest BCUT2D eigenvalue weighted by Gasteiger charge is 2.34. The van der Waals surface area contributed by atoms with Gasteiger partial charge in [0.2, 0.25) is 5.91 Å². The summed E-state index contributed by atoms with van der Waals surface area (Å²) in [5.74, 6) is 1.29. The fraction of sp³-hybridized carbons (Fsp3) is 0.533. The van der Waals surface area contributed by atoms with Gasteiger partial charge in [0.15, 0.2) is 0 Å². The summed E-state index contributed by atoms with van der Waals surface area (Å²) in [6, 6.07) is 5.34. The number of piperidine rings is 1.